The lowest BCUT2D eigenvalue weighted by atomic mass is 10.1. The highest BCUT2D eigenvalue weighted by Gasteiger charge is 2.10. The summed E-state index contributed by atoms with van der Waals surface area (Å²) in [5.74, 6) is 0.568. The molecule has 0 radical (unpaired) electrons. The number of ether oxygens (including phenoxy) is 1. The number of carbonyl (C=O) groups excluding carboxylic acids is 1. The third kappa shape index (κ3) is 5.74. The van der Waals surface area contributed by atoms with Crippen LogP contribution in [0.15, 0.2) is 59.5 Å². The Morgan fingerprint density at radius 3 is 2.27 bits per heavy atom. The fourth-order valence-corrected chi connectivity index (χ4v) is 2.99. The van der Waals surface area contributed by atoms with E-state index in [9.17, 15) is 13.2 Å². The predicted molar refractivity (Wildman–Crippen MR) is 103 cm³/mol. The molecule has 1 amide bonds. The molecule has 0 bridgehead atoms. The van der Waals surface area contributed by atoms with E-state index < -0.39 is 9.84 Å². The minimum Gasteiger partial charge on any atom is -0.494 e. The van der Waals surface area contributed by atoms with Crippen LogP contribution in [0.3, 0.4) is 0 Å². The molecule has 1 atom stereocenters. The minimum atomic E-state index is -3.22. The van der Waals surface area contributed by atoms with Crippen molar-refractivity contribution in [3.8, 4) is 5.75 Å². The summed E-state index contributed by atoms with van der Waals surface area (Å²) in [6.07, 6.45) is 4.36. The van der Waals surface area contributed by atoms with Gasteiger partial charge in [-0.05, 0) is 55.3 Å². The SMILES string of the molecule is CCOc1ccc(/C=C/C(=O)NC(C)c2ccc(S(C)(=O)=O)cc2)cc1. The molecule has 2 aromatic carbocycles. The molecule has 0 spiro atoms. The summed E-state index contributed by atoms with van der Waals surface area (Å²) in [5.41, 5.74) is 1.73. The normalized spacial score (nSPS) is 12.7. The van der Waals surface area contributed by atoms with Crippen molar-refractivity contribution in [1.82, 2.24) is 5.32 Å². The molecule has 26 heavy (non-hydrogen) atoms. The van der Waals surface area contributed by atoms with E-state index >= 15 is 0 Å². The molecule has 0 fully saturated rings. The van der Waals surface area contributed by atoms with Gasteiger partial charge in [0.15, 0.2) is 9.84 Å². The Kier molecular flexibility index (Phi) is 6.58. The number of hydrogen-bond donors (Lipinski definition) is 1. The van der Waals surface area contributed by atoms with Crippen LogP contribution in [0.5, 0.6) is 5.75 Å². The Morgan fingerprint density at radius 1 is 1.12 bits per heavy atom. The molecule has 0 heterocycles. The van der Waals surface area contributed by atoms with Crippen molar-refractivity contribution in [2.75, 3.05) is 12.9 Å². The van der Waals surface area contributed by atoms with Gasteiger partial charge in [-0.15, -0.1) is 0 Å². The van der Waals surface area contributed by atoms with Crippen LogP contribution < -0.4 is 10.1 Å². The summed E-state index contributed by atoms with van der Waals surface area (Å²) in [6.45, 7) is 4.38. The zero-order valence-corrected chi connectivity index (χ0v) is 15.9. The number of hydrogen-bond acceptors (Lipinski definition) is 4. The van der Waals surface area contributed by atoms with E-state index in [0.717, 1.165) is 16.9 Å². The van der Waals surface area contributed by atoms with Crippen LogP contribution in [-0.2, 0) is 14.6 Å². The molecule has 0 aliphatic heterocycles. The third-order valence-electron chi connectivity index (χ3n) is 3.79. The molecule has 0 aliphatic rings. The van der Waals surface area contributed by atoms with Crippen molar-refractivity contribution < 1.29 is 17.9 Å². The highest BCUT2D eigenvalue weighted by Crippen LogP contribution is 2.16. The molecular formula is C20H23NO4S. The van der Waals surface area contributed by atoms with Crippen molar-refractivity contribution in [1.29, 1.82) is 0 Å². The molecule has 0 aromatic heterocycles. The molecule has 1 N–H and O–H groups in total. The van der Waals surface area contributed by atoms with Gasteiger partial charge in [-0.2, -0.15) is 0 Å². The number of benzene rings is 2. The smallest absolute Gasteiger partial charge is 0.244 e. The Labute approximate surface area is 154 Å². The van der Waals surface area contributed by atoms with Crippen LogP contribution in [0.1, 0.15) is 31.0 Å². The predicted octanol–water partition coefficient (Wildman–Crippen LogP) is 3.38. The Balaban J connectivity index is 1.96. The Bertz CT molecular complexity index is 869. The summed E-state index contributed by atoms with van der Waals surface area (Å²) in [6, 6.07) is 13.7. The molecule has 0 saturated carbocycles. The number of sulfone groups is 1. The first-order valence-corrected chi connectivity index (χ1v) is 10.2. The maximum atomic E-state index is 12.1. The van der Waals surface area contributed by atoms with Gasteiger partial charge in [0.2, 0.25) is 5.91 Å². The van der Waals surface area contributed by atoms with E-state index in [0.29, 0.717) is 6.61 Å². The number of amides is 1. The van der Waals surface area contributed by atoms with Crippen molar-refractivity contribution in [2.24, 2.45) is 0 Å². The fourth-order valence-electron chi connectivity index (χ4n) is 2.36. The van der Waals surface area contributed by atoms with Gasteiger partial charge in [0, 0.05) is 12.3 Å². The fraction of sp³-hybridized carbons (Fsp3) is 0.250. The molecule has 5 nitrogen and oxygen atoms in total. The van der Waals surface area contributed by atoms with Gasteiger partial charge in [0.1, 0.15) is 5.75 Å². The van der Waals surface area contributed by atoms with Crippen LogP contribution in [0, 0.1) is 0 Å². The minimum absolute atomic E-state index is 0.224. The van der Waals surface area contributed by atoms with Gasteiger partial charge in [-0.3, -0.25) is 4.79 Å². The van der Waals surface area contributed by atoms with Gasteiger partial charge in [-0.25, -0.2) is 8.42 Å². The first-order valence-electron chi connectivity index (χ1n) is 8.31. The summed E-state index contributed by atoms with van der Waals surface area (Å²) in [5, 5.41) is 2.86. The summed E-state index contributed by atoms with van der Waals surface area (Å²) in [7, 11) is -3.22. The second-order valence-corrected chi connectivity index (χ2v) is 7.92. The first-order chi connectivity index (χ1) is 12.3. The second-order valence-electron chi connectivity index (χ2n) is 5.91. The van der Waals surface area contributed by atoms with E-state index in [1.807, 2.05) is 38.1 Å². The maximum Gasteiger partial charge on any atom is 0.244 e. The number of nitrogens with one attached hydrogen (secondary N) is 1. The van der Waals surface area contributed by atoms with E-state index in [1.165, 1.54) is 12.3 Å². The van der Waals surface area contributed by atoms with Crippen LogP contribution in [0.2, 0.25) is 0 Å². The van der Waals surface area contributed by atoms with Crippen LogP contribution in [0.25, 0.3) is 6.08 Å². The monoisotopic (exact) mass is 373 g/mol. The Hall–Kier alpha value is -2.60. The molecular weight excluding hydrogens is 350 g/mol. The molecule has 6 heteroatoms. The summed E-state index contributed by atoms with van der Waals surface area (Å²) in [4.78, 5) is 12.3. The average molecular weight is 373 g/mol. The zero-order chi connectivity index (χ0) is 19.2. The molecule has 1 unspecified atom stereocenters. The van der Waals surface area contributed by atoms with Gasteiger partial charge in [0.05, 0.1) is 17.5 Å². The van der Waals surface area contributed by atoms with Gasteiger partial charge >= 0.3 is 0 Å². The lowest BCUT2D eigenvalue weighted by molar-refractivity contribution is -0.117. The van der Waals surface area contributed by atoms with E-state index in [-0.39, 0.29) is 16.8 Å². The van der Waals surface area contributed by atoms with Crippen molar-refractivity contribution in [3.05, 3.63) is 65.7 Å². The van der Waals surface area contributed by atoms with E-state index in [4.69, 9.17) is 4.74 Å². The van der Waals surface area contributed by atoms with E-state index in [2.05, 4.69) is 5.32 Å². The summed E-state index contributed by atoms with van der Waals surface area (Å²) < 4.78 is 28.3. The quantitative estimate of drug-likeness (QED) is 0.755. The topological polar surface area (TPSA) is 72.5 Å². The molecule has 2 aromatic rings. The molecule has 0 saturated heterocycles. The molecule has 0 aliphatic carbocycles. The van der Waals surface area contributed by atoms with Crippen molar-refractivity contribution >= 4 is 21.8 Å². The van der Waals surface area contributed by atoms with Crippen molar-refractivity contribution in [3.63, 3.8) is 0 Å². The number of carbonyl (C=O) groups is 1. The van der Waals surface area contributed by atoms with E-state index in [1.54, 1.807) is 30.3 Å². The van der Waals surface area contributed by atoms with Crippen molar-refractivity contribution in [2.45, 2.75) is 24.8 Å². The summed E-state index contributed by atoms with van der Waals surface area (Å²) >= 11 is 0. The highest BCUT2D eigenvalue weighted by atomic mass is 32.2. The first kappa shape index (κ1) is 19.7. The largest absolute Gasteiger partial charge is 0.494 e. The Morgan fingerprint density at radius 2 is 1.73 bits per heavy atom. The van der Waals surface area contributed by atoms with Gasteiger partial charge in [-0.1, -0.05) is 24.3 Å². The standard InChI is InChI=1S/C20H23NO4S/c1-4-25-18-10-5-16(6-11-18)7-14-20(22)21-15(2)17-8-12-19(13-9-17)26(3,23)24/h5-15H,4H2,1-3H3,(H,21,22)/b14-7+. The van der Waals surface area contributed by atoms with Gasteiger partial charge in [0.25, 0.3) is 0 Å². The average Bonchev–Trinajstić information content (AvgIpc) is 2.61. The second kappa shape index (κ2) is 8.67. The lowest BCUT2D eigenvalue weighted by Crippen LogP contribution is -2.24. The van der Waals surface area contributed by atoms with Crippen LogP contribution in [0.4, 0.5) is 0 Å². The maximum absolute atomic E-state index is 12.1. The molecule has 2 rings (SSSR count). The zero-order valence-electron chi connectivity index (χ0n) is 15.1. The van der Waals surface area contributed by atoms with Crippen LogP contribution >= 0.6 is 0 Å². The molecule has 138 valence electrons. The van der Waals surface area contributed by atoms with Crippen LogP contribution in [-0.4, -0.2) is 27.2 Å². The van der Waals surface area contributed by atoms with Gasteiger partial charge < -0.3 is 10.1 Å². The highest BCUT2D eigenvalue weighted by molar-refractivity contribution is 7.90. The number of rotatable bonds is 7. The third-order valence-corrected chi connectivity index (χ3v) is 4.91. The lowest BCUT2D eigenvalue weighted by Gasteiger charge is -2.13.